The predicted octanol–water partition coefficient (Wildman–Crippen LogP) is 1.25. The lowest BCUT2D eigenvalue weighted by Gasteiger charge is -2.10. The average molecular weight is 287 g/mol. The van der Waals surface area contributed by atoms with Gasteiger partial charge in [-0.3, -0.25) is 4.79 Å². The Bertz CT molecular complexity index is 644. The summed E-state index contributed by atoms with van der Waals surface area (Å²) < 4.78 is 6.84. The molecule has 1 amide bonds. The number of carbonyl (C=O) groups excluding carboxylic acids is 1. The Kier molecular flexibility index (Phi) is 3.66. The Hall–Kier alpha value is -2.28. The number of aromatic nitrogens is 4. The van der Waals surface area contributed by atoms with Crippen LogP contribution in [-0.2, 0) is 9.53 Å². The minimum Gasteiger partial charge on any atom is -0.381 e. The molecule has 1 aliphatic rings. The maximum Gasteiger partial charge on any atom is 0.231 e. The molecular formula is C14H17N5O2. The summed E-state index contributed by atoms with van der Waals surface area (Å²) in [7, 11) is 0. The second kappa shape index (κ2) is 5.61. The lowest BCUT2D eigenvalue weighted by atomic mass is 10.1. The summed E-state index contributed by atoms with van der Waals surface area (Å²) in [5.74, 6) is 1.03. The summed E-state index contributed by atoms with van der Waals surface area (Å²) in [6.45, 7) is 4.85. The molecule has 3 rings (SSSR count). The van der Waals surface area contributed by atoms with Crippen LogP contribution >= 0.6 is 0 Å². The van der Waals surface area contributed by atoms with E-state index in [-0.39, 0.29) is 11.8 Å². The Labute approximate surface area is 122 Å². The average Bonchev–Trinajstić information content (AvgIpc) is 3.09. The zero-order chi connectivity index (χ0) is 14.8. The standard InChI is InChI=1S/C14H17N5O2/c1-9-3-4-12(17-16-9)19-13(7-10(2)18-19)15-14(20)11-5-6-21-8-11/h3-4,7,11H,5-6,8H2,1-2H3,(H,15,20)/t11-/m1/s1. The molecule has 3 heterocycles. The van der Waals surface area contributed by atoms with Crippen LogP contribution in [0.3, 0.4) is 0 Å². The van der Waals surface area contributed by atoms with Gasteiger partial charge >= 0.3 is 0 Å². The van der Waals surface area contributed by atoms with Crippen molar-refractivity contribution in [2.45, 2.75) is 20.3 Å². The van der Waals surface area contributed by atoms with Crippen molar-refractivity contribution in [1.29, 1.82) is 0 Å². The number of rotatable bonds is 3. The van der Waals surface area contributed by atoms with Crippen LogP contribution in [0.15, 0.2) is 18.2 Å². The number of hydrogen-bond acceptors (Lipinski definition) is 5. The number of nitrogens with one attached hydrogen (secondary N) is 1. The molecule has 1 fully saturated rings. The molecule has 1 atom stereocenters. The fourth-order valence-corrected chi connectivity index (χ4v) is 2.24. The number of ether oxygens (including phenoxy) is 1. The lowest BCUT2D eigenvalue weighted by Crippen LogP contribution is -2.24. The summed E-state index contributed by atoms with van der Waals surface area (Å²) in [4.78, 5) is 12.2. The van der Waals surface area contributed by atoms with Crippen LogP contribution in [0.25, 0.3) is 5.82 Å². The highest BCUT2D eigenvalue weighted by molar-refractivity contribution is 5.92. The zero-order valence-electron chi connectivity index (χ0n) is 12.0. The maximum absolute atomic E-state index is 12.2. The van der Waals surface area contributed by atoms with Crippen molar-refractivity contribution in [3.63, 3.8) is 0 Å². The van der Waals surface area contributed by atoms with E-state index in [1.165, 1.54) is 0 Å². The third kappa shape index (κ3) is 2.92. The molecule has 2 aromatic heterocycles. The molecule has 1 aliphatic heterocycles. The van der Waals surface area contributed by atoms with Gasteiger partial charge in [0.05, 0.1) is 23.9 Å². The highest BCUT2D eigenvalue weighted by Gasteiger charge is 2.24. The summed E-state index contributed by atoms with van der Waals surface area (Å²) in [5, 5.41) is 15.4. The molecule has 0 spiro atoms. The Morgan fingerprint density at radius 2 is 2.19 bits per heavy atom. The van der Waals surface area contributed by atoms with Gasteiger partial charge in [0.1, 0.15) is 5.82 Å². The van der Waals surface area contributed by atoms with Gasteiger partial charge in [-0.1, -0.05) is 0 Å². The van der Waals surface area contributed by atoms with Gasteiger partial charge in [-0.25, -0.2) is 0 Å². The van der Waals surface area contributed by atoms with Crippen molar-refractivity contribution < 1.29 is 9.53 Å². The number of hydrogen-bond donors (Lipinski definition) is 1. The lowest BCUT2D eigenvalue weighted by molar-refractivity contribution is -0.119. The molecule has 0 unspecified atom stereocenters. The summed E-state index contributed by atoms with van der Waals surface area (Å²) in [6, 6.07) is 5.49. The van der Waals surface area contributed by atoms with Crippen molar-refractivity contribution in [1.82, 2.24) is 20.0 Å². The molecule has 1 saturated heterocycles. The first kappa shape index (κ1) is 13.7. The van der Waals surface area contributed by atoms with Gasteiger partial charge in [0.15, 0.2) is 5.82 Å². The smallest absolute Gasteiger partial charge is 0.231 e. The van der Waals surface area contributed by atoms with Crippen molar-refractivity contribution >= 4 is 11.7 Å². The van der Waals surface area contributed by atoms with Crippen molar-refractivity contribution in [2.24, 2.45) is 5.92 Å². The first-order valence-corrected chi connectivity index (χ1v) is 6.89. The van der Waals surface area contributed by atoms with E-state index in [4.69, 9.17) is 4.74 Å². The second-order valence-corrected chi connectivity index (χ2v) is 5.17. The monoisotopic (exact) mass is 287 g/mol. The van der Waals surface area contributed by atoms with Crippen LogP contribution in [0, 0.1) is 19.8 Å². The summed E-state index contributed by atoms with van der Waals surface area (Å²) >= 11 is 0. The van der Waals surface area contributed by atoms with Crippen LogP contribution in [0.5, 0.6) is 0 Å². The van der Waals surface area contributed by atoms with Gasteiger partial charge in [-0.15, -0.1) is 5.10 Å². The van der Waals surface area contributed by atoms with Crippen LogP contribution < -0.4 is 5.32 Å². The van der Waals surface area contributed by atoms with Gasteiger partial charge in [-0.2, -0.15) is 14.9 Å². The summed E-state index contributed by atoms with van der Waals surface area (Å²) in [5.41, 5.74) is 1.63. The molecule has 7 heteroatoms. The van der Waals surface area contributed by atoms with Gasteiger partial charge in [0, 0.05) is 12.7 Å². The minimum absolute atomic E-state index is 0.0475. The van der Waals surface area contributed by atoms with E-state index >= 15 is 0 Å². The number of aryl methyl sites for hydroxylation is 2. The third-order valence-electron chi connectivity index (χ3n) is 3.38. The SMILES string of the molecule is Cc1ccc(-n2nc(C)cc2NC(=O)[C@@H]2CCOC2)nn1. The molecule has 110 valence electrons. The highest BCUT2D eigenvalue weighted by atomic mass is 16.5. The maximum atomic E-state index is 12.2. The molecule has 0 aromatic carbocycles. The quantitative estimate of drug-likeness (QED) is 0.919. The number of carbonyl (C=O) groups is 1. The Morgan fingerprint density at radius 1 is 1.33 bits per heavy atom. The molecular weight excluding hydrogens is 270 g/mol. The van der Waals surface area contributed by atoms with Crippen LogP contribution in [-0.4, -0.2) is 39.1 Å². The Morgan fingerprint density at radius 3 is 2.86 bits per heavy atom. The second-order valence-electron chi connectivity index (χ2n) is 5.17. The molecule has 21 heavy (non-hydrogen) atoms. The first-order valence-electron chi connectivity index (χ1n) is 6.89. The van der Waals surface area contributed by atoms with E-state index in [9.17, 15) is 4.79 Å². The van der Waals surface area contributed by atoms with E-state index < -0.39 is 0 Å². The largest absolute Gasteiger partial charge is 0.381 e. The first-order chi connectivity index (χ1) is 10.1. The van der Waals surface area contributed by atoms with Crippen molar-refractivity contribution in [3.8, 4) is 5.82 Å². The zero-order valence-corrected chi connectivity index (χ0v) is 12.0. The fraction of sp³-hybridized carbons (Fsp3) is 0.429. The minimum atomic E-state index is -0.0993. The fourth-order valence-electron chi connectivity index (χ4n) is 2.24. The van der Waals surface area contributed by atoms with Crippen LogP contribution in [0.2, 0.25) is 0 Å². The normalized spacial score (nSPS) is 17.9. The molecule has 0 bridgehead atoms. The molecule has 2 aromatic rings. The number of amides is 1. The molecule has 1 N–H and O–H groups in total. The van der Waals surface area contributed by atoms with Gasteiger partial charge in [0.25, 0.3) is 0 Å². The third-order valence-corrected chi connectivity index (χ3v) is 3.38. The Balaban J connectivity index is 1.85. The van der Waals surface area contributed by atoms with E-state index in [0.717, 1.165) is 17.8 Å². The summed E-state index contributed by atoms with van der Waals surface area (Å²) in [6.07, 6.45) is 0.753. The van der Waals surface area contributed by atoms with Gasteiger partial charge in [-0.05, 0) is 32.4 Å². The van der Waals surface area contributed by atoms with Gasteiger partial charge in [0.2, 0.25) is 5.91 Å². The number of anilines is 1. The van der Waals surface area contributed by atoms with Crippen LogP contribution in [0.1, 0.15) is 17.8 Å². The molecule has 0 radical (unpaired) electrons. The molecule has 0 aliphatic carbocycles. The highest BCUT2D eigenvalue weighted by Crippen LogP contribution is 2.19. The van der Waals surface area contributed by atoms with E-state index in [2.05, 4.69) is 20.6 Å². The van der Waals surface area contributed by atoms with E-state index in [1.807, 2.05) is 32.0 Å². The van der Waals surface area contributed by atoms with Gasteiger partial charge < -0.3 is 10.1 Å². The number of nitrogens with zero attached hydrogens (tertiary/aromatic N) is 4. The topological polar surface area (TPSA) is 81.9 Å². The molecule has 0 saturated carbocycles. The van der Waals surface area contributed by atoms with E-state index in [0.29, 0.717) is 24.8 Å². The van der Waals surface area contributed by atoms with Crippen molar-refractivity contribution in [3.05, 3.63) is 29.6 Å². The molecule has 7 nitrogen and oxygen atoms in total. The van der Waals surface area contributed by atoms with Crippen molar-refractivity contribution in [2.75, 3.05) is 18.5 Å². The van der Waals surface area contributed by atoms with Crippen LogP contribution in [0.4, 0.5) is 5.82 Å². The predicted molar refractivity (Wildman–Crippen MR) is 76.2 cm³/mol. The van der Waals surface area contributed by atoms with E-state index in [1.54, 1.807) is 4.68 Å².